The fourth-order valence-corrected chi connectivity index (χ4v) is 3.39. The normalized spacial score (nSPS) is 27.9. The van der Waals surface area contributed by atoms with Gasteiger partial charge < -0.3 is 4.90 Å². The maximum absolute atomic E-state index is 8.33. The molecule has 1 aliphatic heterocycles. The highest BCUT2D eigenvalue weighted by Crippen LogP contribution is 2.34. The third kappa shape index (κ3) is 2.21. The van der Waals surface area contributed by atoms with E-state index in [4.69, 9.17) is 5.41 Å². The third-order valence-corrected chi connectivity index (χ3v) is 4.21. The van der Waals surface area contributed by atoms with Crippen LogP contribution in [0.3, 0.4) is 0 Å². The summed E-state index contributed by atoms with van der Waals surface area (Å²) < 4.78 is 0. The van der Waals surface area contributed by atoms with Gasteiger partial charge in [0.25, 0.3) is 0 Å². The fraction of sp³-hybridized carbons (Fsp3) is 0.533. The van der Waals surface area contributed by atoms with Crippen molar-refractivity contribution in [3.8, 4) is 0 Å². The van der Waals surface area contributed by atoms with Crippen LogP contribution in [0.2, 0.25) is 0 Å². The van der Waals surface area contributed by atoms with Crippen molar-refractivity contribution in [2.45, 2.75) is 25.7 Å². The van der Waals surface area contributed by atoms with Gasteiger partial charge in [0.1, 0.15) is 5.84 Å². The number of piperidine rings is 1. The van der Waals surface area contributed by atoms with Gasteiger partial charge in [-0.1, -0.05) is 36.8 Å². The topological polar surface area (TPSA) is 27.1 Å². The molecule has 2 bridgehead atoms. The summed E-state index contributed by atoms with van der Waals surface area (Å²) in [6.07, 6.45) is 5.55. The molecule has 2 nitrogen and oxygen atoms in total. The minimum atomic E-state index is 0.724. The van der Waals surface area contributed by atoms with E-state index in [1.165, 1.54) is 25.7 Å². The van der Waals surface area contributed by atoms with Gasteiger partial charge in [-0.15, -0.1) is 0 Å². The lowest BCUT2D eigenvalue weighted by Crippen LogP contribution is -2.45. The zero-order valence-electron chi connectivity index (χ0n) is 10.2. The lowest BCUT2D eigenvalue weighted by atomic mass is 9.78. The van der Waals surface area contributed by atoms with Crippen LogP contribution in [0.25, 0.3) is 0 Å². The van der Waals surface area contributed by atoms with Gasteiger partial charge in [0, 0.05) is 18.7 Å². The molecule has 1 saturated heterocycles. The molecule has 2 unspecified atom stereocenters. The summed E-state index contributed by atoms with van der Waals surface area (Å²) in [6, 6.07) is 10.2. The van der Waals surface area contributed by atoms with Crippen molar-refractivity contribution in [2.24, 2.45) is 11.8 Å². The Morgan fingerprint density at radius 3 is 2.35 bits per heavy atom. The number of nitrogens with one attached hydrogen (secondary N) is 1. The largest absolute Gasteiger partial charge is 0.356 e. The molecule has 2 aliphatic rings. The first kappa shape index (κ1) is 10.8. The molecule has 1 aromatic rings. The molecule has 1 saturated carbocycles. The quantitative estimate of drug-likeness (QED) is 0.580. The summed E-state index contributed by atoms with van der Waals surface area (Å²) in [4.78, 5) is 2.30. The SMILES string of the molecule is N=C(c1ccccc1)N1CC2CCCC(C2)C1. The number of nitrogens with zero attached hydrogens (tertiary/aromatic N) is 1. The molecular weight excluding hydrogens is 208 g/mol. The van der Waals surface area contributed by atoms with Crippen LogP contribution in [-0.2, 0) is 0 Å². The van der Waals surface area contributed by atoms with Crippen LogP contribution in [0.4, 0.5) is 0 Å². The zero-order valence-corrected chi connectivity index (χ0v) is 10.2. The van der Waals surface area contributed by atoms with E-state index in [9.17, 15) is 0 Å². The van der Waals surface area contributed by atoms with Crippen LogP contribution < -0.4 is 0 Å². The Labute approximate surface area is 103 Å². The zero-order chi connectivity index (χ0) is 11.7. The van der Waals surface area contributed by atoms with E-state index in [0.717, 1.165) is 36.3 Å². The molecule has 2 atom stereocenters. The monoisotopic (exact) mass is 228 g/mol. The Kier molecular flexibility index (Phi) is 2.87. The number of rotatable bonds is 1. The van der Waals surface area contributed by atoms with Crippen LogP contribution in [0, 0.1) is 17.2 Å². The molecule has 1 aromatic carbocycles. The van der Waals surface area contributed by atoms with E-state index < -0.39 is 0 Å². The van der Waals surface area contributed by atoms with Crippen LogP contribution in [0.5, 0.6) is 0 Å². The van der Waals surface area contributed by atoms with Crippen molar-refractivity contribution in [3.63, 3.8) is 0 Å². The number of fused-ring (bicyclic) bond motifs is 2. The minimum absolute atomic E-state index is 0.724. The Hall–Kier alpha value is -1.31. The Morgan fingerprint density at radius 1 is 1.06 bits per heavy atom. The number of benzene rings is 1. The predicted octanol–water partition coefficient (Wildman–Crippen LogP) is 3.13. The van der Waals surface area contributed by atoms with Crippen molar-refractivity contribution in [1.82, 2.24) is 4.90 Å². The lowest BCUT2D eigenvalue weighted by molar-refractivity contribution is 0.136. The predicted molar refractivity (Wildman–Crippen MR) is 70.3 cm³/mol. The van der Waals surface area contributed by atoms with Crippen molar-refractivity contribution in [2.75, 3.05) is 13.1 Å². The average Bonchev–Trinajstić information content (AvgIpc) is 2.38. The maximum atomic E-state index is 8.33. The van der Waals surface area contributed by atoms with Crippen molar-refractivity contribution >= 4 is 5.84 Å². The van der Waals surface area contributed by atoms with E-state index in [2.05, 4.69) is 4.90 Å². The molecule has 1 heterocycles. The molecule has 2 heteroatoms. The summed E-state index contributed by atoms with van der Waals surface area (Å²) in [6.45, 7) is 2.20. The first-order chi connectivity index (χ1) is 8.33. The molecule has 0 amide bonds. The molecule has 1 aliphatic carbocycles. The van der Waals surface area contributed by atoms with Crippen LogP contribution in [0.15, 0.2) is 30.3 Å². The van der Waals surface area contributed by atoms with E-state index in [0.29, 0.717) is 0 Å². The highest BCUT2D eigenvalue weighted by Gasteiger charge is 2.31. The second kappa shape index (κ2) is 4.52. The molecule has 0 radical (unpaired) electrons. The summed E-state index contributed by atoms with van der Waals surface area (Å²) in [5.41, 5.74) is 1.06. The number of likely N-dealkylation sites (tertiary alicyclic amines) is 1. The van der Waals surface area contributed by atoms with Gasteiger partial charge in [0.05, 0.1) is 0 Å². The van der Waals surface area contributed by atoms with Gasteiger partial charge in [-0.05, 0) is 31.1 Å². The standard InChI is InChI=1S/C15H20N2/c16-15(14-7-2-1-3-8-14)17-10-12-5-4-6-13(9-12)11-17/h1-3,7-8,12-13,16H,4-6,9-11H2. The van der Waals surface area contributed by atoms with Gasteiger partial charge in [-0.2, -0.15) is 0 Å². The Balaban J connectivity index is 1.74. The van der Waals surface area contributed by atoms with E-state index in [-0.39, 0.29) is 0 Å². The third-order valence-electron chi connectivity index (χ3n) is 4.21. The fourth-order valence-electron chi connectivity index (χ4n) is 3.39. The maximum Gasteiger partial charge on any atom is 0.128 e. The molecule has 3 rings (SSSR count). The van der Waals surface area contributed by atoms with Crippen molar-refractivity contribution < 1.29 is 0 Å². The summed E-state index contributed by atoms with van der Waals surface area (Å²) in [5.74, 6) is 2.40. The number of hydrogen-bond donors (Lipinski definition) is 1. The highest BCUT2D eigenvalue weighted by molar-refractivity contribution is 5.96. The van der Waals surface area contributed by atoms with Gasteiger partial charge >= 0.3 is 0 Å². The molecular formula is C15H20N2. The first-order valence-corrected chi connectivity index (χ1v) is 6.72. The summed E-state index contributed by atoms with van der Waals surface area (Å²) in [5, 5.41) is 8.33. The van der Waals surface area contributed by atoms with Crippen molar-refractivity contribution in [1.29, 1.82) is 5.41 Å². The average molecular weight is 228 g/mol. The minimum Gasteiger partial charge on any atom is -0.356 e. The van der Waals surface area contributed by atoms with Gasteiger partial charge in [-0.25, -0.2) is 0 Å². The highest BCUT2D eigenvalue weighted by atomic mass is 15.2. The lowest BCUT2D eigenvalue weighted by Gasteiger charge is -2.42. The number of hydrogen-bond acceptors (Lipinski definition) is 1. The van der Waals surface area contributed by atoms with Gasteiger partial charge in [0.15, 0.2) is 0 Å². The van der Waals surface area contributed by atoms with Gasteiger partial charge in [-0.3, -0.25) is 5.41 Å². The summed E-state index contributed by atoms with van der Waals surface area (Å²) in [7, 11) is 0. The number of amidine groups is 1. The van der Waals surface area contributed by atoms with Crippen molar-refractivity contribution in [3.05, 3.63) is 35.9 Å². The summed E-state index contributed by atoms with van der Waals surface area (Å²) >= 11 is 0. The second-order valence-corrected chi connectivity index (χ2v) is 5.52. The Morgan fingerprint density at radius 2 is 1.71 bits per heavy atom. The molecule has 90 valence electrons. The Bertz CT molecular complexity index is 387. The molecule has 0 aromatic heterocycles. The van der Waals surface area contributed by atoms with Crippen LogP contribution >= 0.6 is 0 Å². The van der Waals surface area contributed by atoms with Crippen LogP contribution in [-0.4, -0.2) is 23.8 Å². The van der Waals surface area contributed by atoms with E-state index in [1.54, 1.807) is 0 Å². The van der Waals surface area contributed by atoms with E-state index in [1.807, 2.05) is 30.3 Å². The van der Waals surface area contributed by atoms with Gasteiger partial charge in [0.2, 0.25) is 0 Å². The molecule has 1 N–H and O–H groups in total. The van der Waals surface area contributed by atoms with E-state index >= 15 is 0 Å². The van der Waals surface area contributed by atoms with Crippen LogP contribution in [0.1, 0.15) is 31.2 Å². The second-order valence-electron chi connectivity index (χ2n) is 5.52. The first-order valence-electron chi connectivity index (χ1n) is 6.72. The molecule has 2 fully saturated rings. The molecule has 17 heavy (non-hydrogen) atoms. The molecule has 0 spiro atoms. The smallest absolute Gasteiger partial charge is 0.128 e.